The summed E-state index contributed by atoms with van der Waals surface area (Å²) in [6.45, 7) is 2.42. The van der Waals surface area contributed by atoms with Crippen LogP contribution in [0.4, 0.5) is 5.69 Å². The molecule has 7 nitrogen and oxygen atoms in total. The Morgan fingerprint density at radius 1 is 1.12 bits per heavy atom. The molecule has 5 rings (SSSR count). The van der Waals surface area contributed by atoms with Gasteiger partial charge in [0.2, 0.25) is 0 Å². The first-order chi connectivity index (χ1) is 15.6. The molecule has 2 N–H and O–H groups in total. The van der Waals surface area contributed by atoms with Crippen LogP contribution in [0.3, 0.4) is 0 Å². The number of amides is 1. The van der Waals surface area contributed by atoms with Crippen molar-refractivity contribution < 1.29 is 4.79 Å². The smallest absolute Gasteiger partial charge is 0.263 e. The predicted molar refractivity (Wildman–Crippen MR) is 123 cm³/mol. The number of rotatable bonds is 6. The molecular weight excluding hydrogens is 402 g/mol. The van der Waals surface area contributed by atoms with Gasteiger partial charge in [-0.25, -0.2) is 4.98 Å². The molecule has 2 aromatic heterocycles. The van der Waals surface area contributed by atoms with Crippen LogP contribution in [0.15, 0.2) is 71.7 Å². The van der Waals surface area contributed by atoms with Crippen LogP contribution in [0.2, 0.25) is 0 Å². The Morgan fingerprint density at radius 3 is 2.78 bits per heavy atom. The molecule has 160 valence electrons. The summed E-state index contributed by atoms with van der Waals surface area (Å²) < 4.78 is 1.55. The molecule has 7 heteroatoms. The van der Waals surface area contributed by atoms with Crippen LogP contribution >= 0.6 is 0 Å². The van der Waals surface area contributed by atoms with E-state index in [4.69, 9.17) is 0 Å². The molecule has 0 atom stereocenters. The molecule has 1 aliphatic carbocycles. The maximum atomic E-state index is 12.9. The number of pyridine rings is 1. The number of benzene rings is 2. The Hall–Kier alpha value is -4.00. The van der Waals surface area contributed by atoms with Crippen molar-refractivity contribution in [1.82, 2.24) is 19.7 Å². The van der Waals surface area contributed by atoms with E-state index in [1.54, 1.807) is 29.0 Å². The van der Waals surface area contributed by atoms with Gasteiger partial charge in [0.05, 0.1) is 6.54 Å². The number of nitrogens with one attached hydrogen (secondary N) is 2. The van der Waals surface area contributed by atoms with Crippen LogP contribution in [0.25, 0.3) is 11.4 Å². The molecule has 2 aromatic carbocycles. The standard InChI is InChI=1S/C25H23N5O2/c1-16-5-2-6-17(13-16)15-30-12-4-9-21(25(30)32)24(31)26-20-8-3-7-19(14-20)23-27-22(28-29-23)18-10-11-18/h2-9,12-14,18H,10-11,15H2,1H3,(H,26,31)(H,27,28,29). The van der Waals surface area contributed by atoms with Gasteiger partial charge in [-0.1, -0.05) is 42.0 Å². The number of carbonyl (C=O) groups is 1. The van der Waals surface area contributed by atoms with Gasteiger partial charge in [0.15, 0.2) is 5.82 Å². The Labute approximate surface area is 185 Å². The molecule has 2 heterocycles. The van der Waals surface area contributed by atoms with Gasteiger partial charge in [-0.15, -0.1) is 0 Å². The fourth-order valence-electron chi connectivity index (χ4n) is 3.72. The van der Waals surface area contributed by atoms with Crippen LogP contribution in [0.1, 0.15) is 46.1 Å². The number of hydrogen-bond acceptors (Lipinski definition) is 4. The number of H-pyrrole nitrogens is 1. The highest BCUT2D eigenvalue weighted by molar-refractivity contribution is 6.04. The summed E-state index contributed by atoms with van der Waals surface area (Å²) in [6.07, 6.45) is 3.98. The molecule has 32 heavy (non-hydrogen) atoms. The van der Waals surface area contributed by atoms with E-state index in [1.165, 1.54) is 0 Å². The van der Waals surface area contributed by atoms with Crippen LogP contribution < -0.4 is 10.9 Å². The van der Waals surface area contributed by atoms with E-state index < -0.39 is 5.91 Å². The second-order valence-corrected chi connectivity index (χ2v) is 8.20. The summed E-state index contributed by atoms with van der Waals surface area (Å²) in [6, 6.07) is 18.6. The fraction of sp³-hybridized carbons (Fsp3) is 0.200. The average Bonchev–Trinajstić information content (AvgIpc) is 3.52. The minimum atomic E-state index is -0.445. The van der Waals surface area contributed by atoms with Gasteiger partial charge in [0.1, 0.15) is 11.4 Å². The monoisotopic (exact) mass is 425 g/mol. The van der Waals surface area contributed by atoms with E-state index in [2.05, 4.69) is 20.5 Å². The van der Waals surface area contributed by atoms with E-state index in [1.807, 2.05) is 49.4 Å². The Balaban J connectivity index is 1.35. The van der Waals surface area contributed by atoms with Crippen LogP contribution in [-0.4, -0.2) is 25.7 Å². The molecular formula is C25H23N5O2. The number of aromatic amines is 1. The molecule has 4 aromatic rings. The maximum absolute atomic E-state index is 12.9. The van der Waals surface area contributed by atoms with Gasteiger partial charge in [0.25, 0.3) is 11.5 Å². The number of anilines is 1. The first kappa shape index (κ1) is 19.9. The summed E-state index contributed by atoms with van der Waals surface area (Å²) >= 11 is 0. The van der Waals surface area contributed by atoms with Gasteiger partial charge in [-0.05, 0) is 49.6 Å². The highest BCUT2D eigenvalue weighted by atomic mass is 16.2. The minimum absolute atomic E-state index is 0.0967. The van der Waals surface area contributed by atoms with Crippen molar-refractivity contribution in [3.05, 3.63) is 99.7 Å². The summed E-state index contributed by atoms with van der Waals surface area (Å²) in [5.41, 5.74) is 3.29. The highest BCUT2D eigenvalue weighted by Gasteiger charge is 2.27. The van der Waals surface area contributed by atoms with Crippen molar-refractivity contribution in [2.45, 2.75) is 32.2 Å². The lowest BCUT2D eigenvalue weighted by molar-refractivity contribution is 0.102. The zero-order valence-electron chi connectivity index (χ0n) is 17.7. The molecule has 0 saturated heterocycles. The minimum Gasteiger partial charge on any atom is -0.322 e. The fourth-order valence-corrected chi connectivity index (χ4v) is 3.72. The third-order valence-corrected chi connectivity index (χ3v) is 5.55. The number of aromatic nitrogens is 4. The lowest BCUT2D eigenvalue weighted by atomic mass is 10.1. The second kappa shape index (κ2) is 8.26. The summed E-state index contributed by atoms with van der Waals surface area (Å²) in [7, 11) is 0. The molecule has 0 aliphatic heterocycles. The molecule has 1 fully saturated rings. The number of carbonyl (C=O) groups excluding carboxylic acids is 1. The van der Waals surface area contributed by atoms with Gasteiger partial charge >= 0.3 is 0 Å². The van der Waals surface area contributed by atoms with Gasteiger partial charge in [0, 0.05) is 23.4 Å². The Kier molecular flexibility index (Phi) is 5.15. The zero-order valence-corrected chi connectivity index (χ0v) is 17.7. The van der Waals surface area contributed by atoms with E-state index in [0.29, 0.717) is 24.0 Å². The first-order valence-electron chi connectivity index (χ1n) is 10.7. The second-order valence-electron chi connectivity index (χ2n) is 8.20. The number of nitrogens with zero attached hydrogens (tertiary/aromatic N) is 3. The van der Waals surface area contributed by atoms with E-state index >= 15 is 0 Å². The van der Waals surface area contributed by atoms with Crippen molar-refractivity contribution in [3.63, 3.8) is 0 Å². The van der Waals surface area contributed by atoms with Crippen LogP contribution in [-0.2, 0) is 6.54 Å². The normalized spacial score (nSPS) is 13.2. The van der Waals surface area contributed by atoms with Gasteiger partial charge in [-0.3, -0.25) is 14.7 Å². The lowest BCUT2D eigenvalue weighted by Gasteiger charge is -2.10. The molecule has 1 amide bonds. The Morgan fingerprint density at radius 2 is 1.97 bits per heavy atom. The maximum Gasteiger partial charge on any atom is 0.263 e. The van der Waals surface area contributed by atoms with E-state index in [0.717, 1.165) is 35.4 Å². The van der Waals surface area contributed by atoms with Gasteiger partial charge in [-0.2, -0.15) is 5.10 Å². The third-order valence-electron chi connectivity index (χ3n) is 5.55. The molecule has 0 radical (unpaired) electrons. The van der Waals surface area contributed by atoms with Crippen molar-refractivity contribution in [2.75, 3.05) is 5.32 Å². The third kappa shape index (κ3) is 4.23. The predicted octanol–water partition coefficient (Wildman–Crippen LogP) is 4.12. The van der Waals surface area contributed by atoms with Crippen LogP contribution in [0, 0.1) is 6.92 Å². The molecule has 0 bridgehead atoms. The molecule has 0 spiro atoms. The van der Waals surface area contributed by atoms with Crippen molar-refractivity contribution in [1.29, 1.82) is 0 Å². The van der Waals surface area contributed by atoms with Crippen molar-refractivity contribution in [2.24, 2.45) is 0 Å². The summed E-state index contributed by atoms with van der Waals surface area (Å²) in [5.74, 6) is 1.55. The molecule has 1 aliphatic rings. The van der Waals surface area contributed by atoms with Gasteiger partial charge < -0.3 is 9.88 Å². The largest absolute Gasteiger partial charge is 0.322 e. The number of aryl methyl sites for hydroxylation is 1. The number of hydrogen-bond donors (Lipinski definition) is 2. The zero-order chi connectivity index (χ0) is 22.1. The average molecular weight is 425 g/mol. The topological polar surface area (TPSA) is 92.7 Å². The lowest BCUT2D eigenvalue weighted by Crippen LogP contribution is -2.29. The quantitative estimate of drug-likeness (QED) is 0.486. The highest BCUT2D eigenvalue weighted by Crippen LogP contribution is 2.38. The summed E-state index contributed by atoms with van der Waals surface area (Å²) in [4.78, 5) is 30.4. The molecule has 0 unspecified atom stereocenters. The summed E-state index contributed by atoms with van der Waals surface area (Å²) in [5, 5.41) is 10.1. The first-order valence-corrected chi connectivity index (χ1v) is 10.7. The molecule has 1 saturated carbocycles. The van der Waals surface area contributed by atoms with Crippen molar-refractivity contribution >= 4 is 11.6 Å². The van der Waals surface area contributed by atoms with E-state index in [9.17, 15) is 9.59 Å². The SMILES string of the molecule is Cc1cccc(Cn2cccc(C(=O)Nc3cccc(-c4n[nH]c(C5CC5)n4)c3)c2=O)c1. The Bertz CT molecular complexity index is 1350. The van der Waals surface area contributed by atoms with E-state index in [-0.39, 0.29) is 11.1 Å². The van der Waals surface area contributed by atoms with Crippen LogP contribution in [0.5, 0.6) is 0 Å². The van der Waals surface area contributed by atoms with Crippen molar-refractivity contribution in [3.8, 4) is 11.4 Å².